The summed E-state index contributed by atoms with van der Waals surface area (Å²) < 4.78 is 0. The number of pyridine rings is 2. The van der Waals surface area contributed by atoms with Crippen LogP contribution in [0.2, 0.25) is 0 Å². The molecule has 1 aliphatic rings. The second kappa shape index (κ2) is 6.52. The van der Waals surface area contributed by atoms with Crippen LogP contribution in [0.4, 0.5) is 0 Å². The van der Waals surface area contributed by atoms with E-state index in [1.54, 1.807) is 12.4 Å². The van der Waals surface area contributed by atoms with E-state index in [1.165, 1.54) is 12.8 Å². The summed E-state index contributed by atoms with van der Waals surface area (Å²) in [7, 11) is 1.87. The summed E-state index contributed by atoms with van der Waals surface area (Å²) in [5.74, 6) is 0.546. The number of carbonyl (C=O) groups excluding carboxylic acids is 1. The number of amides is 1. The van der Waals surface area contributed by atoms with Gasteiger partial charge in [-0.15, -0.1) is 0 Å². The maximum atomic E-state index is 13.4. The quantitative estimate of drug-likeness (QED) is 0.691. The third-order valence-electron chi connectivity index (χ3n) is 5.30. The number of nitrogens with zero attached hydrogens (tertiary/aromatic N) is 3. The van der Waals surface area contributed by atoms with E-state index in [0.717, 1.165) is 33.3 Å². The predicted molar refractivity (Wildman–Crippen MR) is 103 cm³/mol. The Labute approximate surface area is 153 Å². The molecule has 2 heterocycles. The van der Waals surface area contributed by atoms with E-state index in [0.29, 0.717) is 5.92 Å². The Morgan fingerprint density at radius 1 is 1.15 bits per heavy atom. The highest BCUT2D eigenvalue weighted by Gasteiger charge is 2.28. The highest BCUT2D eigenvalue weighted by Crippen LogP contribution is 2.40. The van der Waals surface area contributed by atoms with Crippen molar-refractivity contribution < 1.29 is 4.79 Å². The normalized spacial score (nSPS) is 15.0. The zero-order chi connectivity index (χ0) is 18.3. The molecule has 4 rings (SSSR count). The van der Waals surface area contributed by atoms with Crippen molar-refractivity contribution in [2.75, 3.05) is 7.05 Å². The van der Waals surface area contributed by atoms with E-state index < -0.39 is 0 Å². The Hall–Kier alpha value is -2.75. The molecule has 0 N–H and O–H groups in total. The maximum absolute atomic E-state index is 13.4. The molecule has 1 fully saturated rings. The van der Waals surface area contributed by atoms with E-state index in [9.17, 15) is 4.79 Å². The fraction of sp³-hybridized carbons (Fsp3) is 0.318. The summed E-state index contributed by atoms with van der Waals surface area (Å²) in [6.45, 7) is 4.09. The van der Waals surface area contributed by atoms with Crippen LogP contribution in [-0.2, 0) is 0 Å². The van der Waals surface area contributed by atoms with Gasteiger partial charge in [-0.25, -0.2) is 0 Å². The lowest BCUT2D eigenvalue weighted by molar-refractivity contribution is 0.0744. The fourth-order valence-corrected chi connectivity index (χ4v) is 3.36. The van der Waals surface area contributed by atoms with Gasteiger partial charge in [0.05, 0.1) is 17.1 Å². The Balaban J connectivity index is 1.76. The van der Waals surface area contributed by atoms with Gasteiger partial charge in [0.1, 0.15) is 0 Å². The minimum Gasteiger partial charge on any atom is -0.335 e. The van der Waals surface area contributed by atoms with Crippen LogP contribution in [0.3, 0.4) is 0 Å². The molecule has 0 aliphatic heterocycles. The second-order valence-corrected chi connectivity index (χ2v) is 7.26. The van der Waals surface area contributed by atoms with Crippen molar-refractivity contribution in [1.82, 2.24) is 14.9 Å². The van der Waals surface area contributed by atoms with Crippen LogP contribution >= 0.6 is 0 Å². The maximum Gasteiger partial charge on any atom is 0.254 e. The molecule has 0 bridgehead atoms. The molecular formula is C22H23N3O. The standard InChI is InChI=1S/C22H23N3O/c1-14-4-7-20-18(12-14)19(13-21(24-20)17-5-6-17)22(26)25(3)15(2)16-8-10-23-11-9-16/h4,7-13,15,17H,5-6H2,1-3H3. The topological polar surface area (TPSA) is 46.1 Å². The first kappa shape index (κ1) is 16.7. The molecular weight excluding hydrogens is 322 g/mol. The smallest absolute Gasteiger partial charge is 0.254 e. The van der Waals surface area contributed by atoms with Crippen LogP contribution < -0.4 is 0 Å². The van der Waals surface area contributed by atoms with Crippen LogP contribution in [0, 0.1) is 6.92 Å². The molecule has 1 saturated carbocycles. The number of hydrogen-bond donors (Lipinski definition) is 0. The molecule has 26 heavy (non-hydrogen) atoms. The molecule has 0 spiro atoms. The lowest BCUT2D eigenvalue weighted by Crippen LogP contribution is -2.30. The summed E-state index contributed by atoms with van der Waals surface area (Å²) in [5.41, 5.74) is 4.93. The third-order valence-corrected chi connectivity index (χ3v) is 5.30. The van der Waals surface area contributed by atoms with Crippen molar-refractivity contribution in [3.05, 3.63) is 71.2 Å². The highest BCUT2D eigenvalue weighted by atomic mass is 16.2. The van der Waals surface area contributed by atoms with Crippen molar-refractivity contribution in [2.45, 2.75) is 38.6 Å². The average molecular weight is 345 g/mol. The van der Waals surface area contributed by atoms with Gasteiger partial charge in [-0.2, -0.15) is 0 Å². The first-order valence-electron chi connectivity index (χ1n) is 9.13. The molecule has 0 saturated heterocycles. The molecule has 4 nitrogen and oxygen atoms in total. The molecule has 1 unspecified atom stereocenters. The highest BCUT2D eigenvalue weighted by molar-refractivity contribution is 6.06. The molecule has 1 aromatic carbocycles. The molecule has 1 atom stereocenters. The number of aromatic nitrogens is 2. The van der Waals surface area contributed by atoms with Crippen LogP contribution in [0.25, 0.3) is 10.9 Å². The largest absolute Gasteiger partial charge is 0.335 e. The van der Waals surface area contributed by atoms with Gasteiger partial charge in [-0.05, 0) is 62.6 Å². The number of rotatable bonds is 4. The van der Waals surface area contributed by atoms with Gasteiger partial charge in [-0.1, -0.05) is 11.6 Å². The van der Waals surface area contributed by atoms with Crippen molar-refractivity contribution in [3.8, 4) is 0 Å². The first-order valence-corrected chi connectivity index (χ1v) is 9.13. The molecule has 1 aliphatic carbocycles. The third kappa shape index (κ3) is 3.07. The zero-order valence-electron chi connectivity index (χ0n) is 15.4. The van der Waals surface area contributed by atoms with E-state index in [1.807, 2.05) is 50.1 Å². The summed E-state index contributed by atoms with van der Waals surface area (Å²) in [6, 6.07) is 12.1. The van der Waals surface area contributed by atoms with Crippen LogP contribution in [0.15, 0.2) is 48.8 Å². The Morgan fingerprint density at radius 3 is 2.58 bits per heavy atom. The monoisotopic (exact) mass is 345 g/mol. The van der Waals surface area contributed by atoms with Crippen molar-refractivity contribution in [1.29, 1.82) is 0 Å². The van der Waals surface area contributed by atoms with Gasteiger partial charge in [-0.3, -0.25) is 14.8 Å². The molecule has 1 amide bonds. The molecule has 2 aromatic heterocycles. The molecule has 0 radical (unpaired) electrons. The minimum atomic E-state index is -0.0251. The van der Waals surface area contributed by atoms with Crippen LogP contribution in [0.1, 0.15) is 58.9 Å². The van der Waals surface area contributed by atoms with Crippen molar-refractivity contribution in [3.63, 3.8) is 0 Å². The van der Waals surface area contributed by atoms with E-state index in [4.69, 9.17) is 4.98 Å². The minimum absolute atomic E-state index is 0.0251. The number of benzene rings is 1. The number of aryl methyl sites for hydroxylation is 1. The average Bonchev–Trinajstić information content (AvgIpc) is 3.51. The van der Waals surface area contributed by atoms with Crippen LogP contribution in [-0.4, -0.2) is 27.8 Å². The predicted octanol–water partition coefficient (Wildman–Crippen LogP) is 4.65. The first-order chi connectivity index (χ1) is 12.5. The second-order valence-electron chi connectivity index (χ2n) is 7.26. The Morgan fingerprint density at radius 2 is 1.88 bits per heavy atom. The molecule has 4 heteroatoms. The number of fused-ring (bicyclic) bond motifs is 1. The summed E-state index contributed by atoms with van der Waals surface area (Å²) >= 11 is 0. The zero-order valence-corrected chi connectivity index (χ0v) is 15.4. The Bertz CT molecular complexity index is 964. The van der Waals surface area contributed by atoms with E-state index >= 15 is 0 Å². The van der Waals surface area contributed by atoms with E-state index in [2.05, 4.69) is 17.1 Å². The van der Waals surface area contributed by atoms with Crippen LogP contribution in [0.5, 0.6) is 0 Å². The van der Waals surface area contributed by atoms with Crippen molar-refractivity contribution >= 4 is 16.8 Å². The van der Waals surface area contributed by atoms with Crippen molar-refractivity contribution in [2.24, 2.45) is 0 Å². The molecule has 3 aromatic rings. The SMILES string of the molecule is Cc1ccc2nc(C3CC3)cc(C(=O)N(C)C(C)c3ccncc3)c2c1. The van der Waals surface area contributed by atoms with Gasteiger partial charge in [0.2, 0.25) is 0 Å². The number of hydrogen-bond acceptors (Lipinski definition) is 3. The lowest BCUT2D eigenvalue weighted by Gasteiger charge is -2.26. The summed E-state index contributed by atoms with van der Waals surface area (Å²) in [5, 5.41) is 0.938. The van der Waals surface area contributed by atoms with Gasteiger partial charge in [0, 0.05) is 36.4 Å². The summed E-state index contributed by atoms with van der Waals surface area (Å²) in [4.78, 5) is 24.0. The summed E-state index contributed by atoms with van der Waals surface area (Å²) in [6.07, 6.45) is 5.86. The van der Waals surface area contributed by atoms with Gasteiger partial charge >= 0.3 is 0 Å². The van der Waals surface area contributed by atoms with Gasteiger partial charge in [0.25, 0.3) is 5.91 Å². The van der Waals surface area contributed by atoms with E-state index in [-0.39, 0.29) is 11.9 Å². The fourth-order valence-electron chi connectivity index (χ4n) is 3.36. The lowest BCUT2D eigenvalue weighted by atomic mass is 10.0. The molecule has 132 valence electrons. The Kier molecular flexibility index (Phi) is 4.19. The van der Waals surface area contributed by atoms with Gasteiger partial charge in [0.15, 0.2) is 0 Å². The number of carbonyl (C=O) groups is 1. The van der Waals surface area contributed by atoms with Gasteiger partial charge < -0.3 is 4.90 Å².